The van der Waals surface area contributed by atoms with E-state index in [1.165, 1.54) is 31.2 Å². The maximum Gasteiger partial charge on any atom is 0.0438 e. The molecule has 2 rings (SSSR count). The zero-order valence-corrected chi connectivity index (χ0v) is 11.3. The van der Waals surface area contributed by atoms with Crippen LogP contribution < -0.4 is 5.32 Å². The minimum Gasteiger partial charge on any atom is -0.313 e. The van der Waals surface area contributed by atoms with Crippen LogP contribution in [0.3, 0.4) is 0 Å². The van der Waals surface area contributed by atoms with Crippen molar-refractivity contribution in [1.29, 1.82) is 0 Å². The summed E-state index contributed by atoms with van der Waals surface area (Å²) in [6.45, 7) is 3.34. The zero-order chi connectivity index (χ0) is 12.1. The van der Waals surface area contributed by atoms with Gasteiger partial charge in [0.2, 0.25) is 0 Å². The second-order valence-corrected chi connectivity index (χ2v) is 5.45. The third-order valence-electron chi connectivity index (χ3n) is 3.77. The van der Waals surface area contributed by atoms with Gasteiger partial charge in [-0.05, 0) is 49.8 Å². The number of nitrogens with one attached hydrogen (secondary N) is 1. The first kappa shape index (κ1) is 12.9. The molecule has 0 aromatic heterocycles. The topological polar surface area (TPSA) is 12.0 Å². The van der Waals surface area contributed by atoms with Crippen molar-refractivity contribution in [1.82, 2.24) is 5.32 Å². The maximum atomic E-state index is 6.24. The van der Waals surface area contributed by atoms with Gasteiger partial charge in [0.25, 0.3) is 0 Å². The Labute approximate surface area is 110 Å². The lowest BCUT2D eigenvalue weighted by molar-refractivity contribution is 0.227. The highest BCUT2D eigenvalue weighted by Crippen LogP contribution is 2.32. The van der Waals surface area contributed by atoms with Crippen molar-refractivity contribution < 1.29 is 0 Å². The molecule has 1 atom stereocenters. The van der Waals surface area contributed by atoms with Gasteiger partial charge < -0.3 is 5.32 Å². The van der Waals surface area contributed by atoms with Crippen molar-refractivity contribution >= 4 is 11.6 Å². The Morgan fingerprint density at radius 3 is 2.71 bits per heavy atom. The summed E-state index contributed by atoms with van der Waals surface area (Å²) in [7, 11) is 0. The lowest BCUT2D eigenvalue weighted by atomic mass is 9.77. The predicted molar refractivity (Wildman–Crippen MR) is 74.6 cm³/mol. The van der Waals surface area contributed by atoms with E-state index in [4.69, 9.17) is 11.6 Å². The lowest BCUT2D eigenvalue weighted by Gasteiger charge is -2.34. The Bertz CT molecular complexity index is 347. The Morgan fingerprint density at radius 1 is 1.35 bits per heavy atom. The fourth-order valence-corrected chi connectivity index (χ4v) is 2.69. The van der Waals surface area contributed by atoms with E-state index in [-0.39, 0.29) is 0 Å². The van der Waals surface area contributed by atoms with Crippen LogP contribution in [0, 0.1) is 5.92 Å². The summed E-state index contributed by atoms with van der Waals surface area (Å²) >= 11 is 6.24. The molecule has 94 valence electrons. The molecule has 0 radical (unpaired) electrons. The molecule has 0 bridgehead atoms. The summed E-state index contributed by atoms with van der Waals surface area (Å²) in [5.41, 5.74) is 1.29. The van der Waals surface area contributed by atoms with E-state index in [1.54, 1.807) is 0 Å². The Hall–Kier alpha value is -0.530. The second-order valence-electron chi connectivity index (χ2n) is 5.05. The molecule has 0 aliphatic heterocycles. The summed E-state index contributed by atoms with van der Waals surface area (Å²) in [6, 6.07) is 8.85. The molecule has 0 spiro atoms. The van der Waals surface area contributed by atoms with Gasteiger partial charge in [0.15, 0.2) is 0 Å². The molecular formula is C15H22ClN. The summed E-state index contributed by atoms with van der Waals surface area (Å²) in [5.74, 6) is 0.859. The van der Waals surface area contributed by atoms with Crippen LogP contribution in [0.4, 0.5) is 0 Å². The number of hydrogen-bond donors (Lipinski definition) is 1. The SMILES string of the molecule is CCCNC(Cc1ccccc1Cl)C1CCC1. The van der Waals surface area contributed by atoms with E-state index in [1.807, 2.05) is 12.1 Å². The van der Waals surface area contributed by atoms with Crippen LogP contribution in [-0.2, 0) is 6.42 Å². The predicted octanol–water partition coefficient (Wildman–Crippen LogP) is 4.05. The van der Waals surface area contributed by atoms with E-state index in [9.17, 15) is 0 Å². The van der Waals surface area contributed by atoms with Gasteiger partial charge in [0.05, 0.1) is 0 Å². The van der Waals surface area contributed by atoms with E-state index in [2.05, 4.69) is 24.4 Å². The summed E-state index contributed by atoms with van der Waals surface area (Å²) in [5, 5.41) is 4.60. The molecule has 1 saturated carbocycles. The van der Waals surface area contributed by atoms with Gasteiger partial charge in [-0.1, -0.05) is 43.1 Å². The molecule has 1 fully saturated rings. The fraction of sp³-hybridized carbons (Fsp3) is 0.600. The minimum atomic E-state index is 0.614. The summed E-state index contributed by atoms with van der Waals surface area (Å²) < 4.78 is 0. The van der Waals surface area contributed by atoms with Gasteiger partial charge in [0, 0.05) is 11.1 Å². The molecule has 1 aromatic rings. The third kappa shape index (κ3) is 3.46. The van der Waals surface area contributed by atoms with E-state index >= 15 is 0 Å². The monoisotopic (exact) mass is 251 g/mol. The van der Waals surface area contributed by atoms with Crippen LogP contribution >= 0.6 is 11.6 Å². The standard InChI is InChI=1S/C15H22ClN/c1-2-10-17-15(12-7-5-8-12)11-13-6-3-4-9-14(13)16/h3-4,6,9,12,15,17H,2,5,7-8,10-11H2,1H3. The maximum absolute atomic E-state index is 6.24. The molecule has 1 aliphatic rings. The molecule has 0 amide bonds. The number of benzene rings is 1. The van der Waals surface area contributed by atoms with E-state index in [0.717, 1.165) is 23.9 Å². The van der Waals surface area contributed by atoms with Crippen LogP contribution in [0.25, 0.3) is 0 Å². The molecule has 1 aliphatic carbocycles. The third-order valence-corrected chi connectivity index (χ3v) is 4.14. The van der Waals surface area contributed by atoms with Crippen molar-refractivity contribution in [2.75, 3.05) is 6.54 Å². The Morgan fingerprint density at radius 2 is 2.12 bits per heavy atom. The second kappa shape index (κ2) is 6.42. The van der Waals surface area contributed by atoms with Crippen molar-refractivity contribution in [2.45, 2.75) is 45.1 Å². The zero-order valence-electron chi connectivity index (χ0n) is 10.6. The molecule has 1 nitrogen and oxygen atoms in total. The van der Waals surface area contributed by atoms with Gasteiger partial charge in [-0.15, -0.1) is 0 Å². The smallest absolute Gasteiger partial charge is 0.0438 e. The van der Waals surface area contributed by atoms with Gasteiger partial charge >= 0.3 is 0 Å². The van der Waals surface area contributed by atoms with Gasteiger partial charge in [-0.3, -0.25) is 0 Å². The average Bonchev–Trinajstić information content (AvgIpc) is 2.26. The van der Waals surface area contributed by atoms with Gasteiger partial charge in [0.1, 0.15) is 0 Å². The quantitative estimate of drug-likeness (QED) is 0.804. The molecule has 1 unspecified atom stereocenters. The van der Waals surface area contributed by atoms with Crippen molar-refractivity contribution in [2.24, 2.45) is 5.92 Å². The average molecular weight is 252 g/mol. The highest BCUT2D eigenvalue weighted by atomic mass is 35.5. The van der Waals surface area contributed by atoms with E-state index in [0.29, 0.717) is 6.04 Å². The van der Waals surface area contributed by atoms with E-state index < -0.39 is 0 Å². The van der Waals surface area contributed by atoms with Gasteiger partial charge in [-0.2, -0.15) is 0 Å². The molecule has 0 heterocycles. The Kier molecular flexibility index (Phi) is 4.87. The van der Waals surface area contributed by atoms with Crippen LogP contribution in [0.1, 0.15) is 38.2 Å². The number of hydrogen-bond acceptors (Lipinski definition) is 1. The molecule has 17 heavy (non-hydrogen) atoms. The van der Waals surface area contributed by atoms with Crippen LogP contribution in [0.5, 0.6) is 0 Å². The number of rotatable bonds is 6. The first-order chi connectivity index (χ1) is 8.31. The van der Waals surface area contributed by atoms with Crippen molar-refractivity contribution in [3.05, 3.63) is 34.9 Å². The van der Waals surface area contributed by atoms with Crippen LogP contribution in [0.15, 0.2) is 24.3 Å². The highest BCUT2D eigenvalue weighted by Gasteiger charge is 2.27. The normalized spacial score (nSPS) is 17.8. The Balaban J connectivity index is 1.98. The molecular weight excluding hydrogens is 230 g/mol. The highest BCUT2D eigenvalue weighted by molar-refractivity contribution is 6.31. The van der Waals surface area contributed by atoms with Crippen LogP contribution in [0.2, 0.25) is 5.02 Å². The fourth-order valence-electron chi connectivity index (χ4n) is 2.48. The summed E-state index contributed by atoms with van der Waals surface area (Å²) in [6.07, 6.45) is 6.44. The van der Waals surface area contributed by atoms with Gasteiger partial charge in [-0.25, -0.2) is 0 Å². The first-order valence-electron chi connectivity index (χ1n) is 6.78. The molecule has 2 heteroatoms. The van der Waals surface area contributed by atoms with Crippen molar-refractivity contribution in [3.8, 4) is 0 Å². The minimum absolute atomic E-state index is 0.614. The van der Waals surface area contributed by atoms with Crippen LogP contribution in [-0.4, -0.2) is 12.6 Å². The summed E-state index contributed by atoms with van der Waals surface area (Å²) in [4.78, 5) is 0. The molecule has 0 saturated heterocycles. The molecule has 1 aromatic carbocycles. The first-order valence-corrected chi connectivity index (χ1v) is 7.16. The lowest BCUT2D eigenvalue weighted by Crippen LogP contribution is -2.41. The number of halogens is 1. The van der Waals surface area contributed by atoms with Crippen molar-refractivity contribution in [3.63, 3.8) is 0 Å². The largest absolute Gasteiger partial charge is 0.313 e. The molecule has 1 N–H and O–H groups in total.